The monoisotopic (exact) mass is 127 g/mol. The third-order valence-electron chi connectivity index (χ3n) is 1.26. The predicted octanol–water partition coefficient (Wildman–Crippen LogP) is 1.94. The Hall–Kier alpha value is -0.300. The van der Waals surface area contributed by atoms with E-state index in [9.17, 15) is 0 Å². The topological polar surface area (TPSA) is 26.0 Å². The van der Waals surface area contributed by atoms with Crippen molar-refractivity contribution >= 4 is 0 Å². The number of hydrogen-bond acceptors (Lipinski definition) is 1. The first-order valence-corrected chi connectivity index (χ1v) is 3.52. The highest BCUT2D eigenvalue weighted by Gasteiger charge is 1.88. The minimum Gasteiger partial charge on any atom is -0.327 e. The van der Waals surface area contributed by atoms with Gasteiger partial charge in [-0.2, -0.15) is 0 Å². The Morgan fingerprint density at radius 1 is 1.56 bits per heavy atom. The molecule has 0 spiro atoms. The molecular formula is C8H17N. The summed E-state index contributed by atoms with van der Waals surface area (Å²) in [5.74, 6) is 0.756. The average molecular weight is 127 g/mol. The fourth-order valence-electron chi connectivity index (χ4n) is 0.520. The molecular weight excluding hydrogens is 110 g/mol. The van der Waals surface area contributed by atoms with E-state index in [0.29, 0.717) is 6.54 Å². The fraction of sp³-hybridized carbons (Fsp3) is 0.750. The van der Waals surface area contributed by atoms with Gasteiger partial charge in [-0.25, -0.2) is 0 Å². The Bertz CT molecular complexity index is 92.7. The van der Waals surface area contributed by atoms with E-state index < -0.39 is 0 Å². The Morgan fingerprint density at radius 3 is 2.44 bits per heavy atom. The molecule has 0 fully saturated rings. The molecule has 1 nitrogen and oxygen atoms in total. The summed E-state index contributed by atoms with van der Waals surface area (Å²) in [6.45, 7) is 7.19. The molecule has 0 aromatic heterocycles. The molecule has 0 saturated carbocycles. The molecule has 0 amide bonds. The van der Waals surface area contributed by atoms with Crippen molar-refractivity contribution in [1.29, 1.82) is 0 Å². The van der Waals surface area contributed by atoms with E-state index in [-0.39, 0.29) is 0 Å². The number of rotatable bonds is 3. The molecule has 1 heteroatoms. The van der Waals surface area contributed by atoms with Crippen molar-refractivity contribution in [2.24, 2.45) is 11.7 Å². The van der Waals surface area contributed by atoms with Crippen LogP contribution in [0.1, 0.15) is 27.2 Å². The van der Waals surface area contributed by atoms with Crippen molar-refractivity contribution in [3.05, 3.63) is 11.6 Å². The lowest BCUT2D eigenvalue weighted by atomic mass is 10.1. The maximum Gasteiger partial charge on any atom is 0.0134 e. The van der Waals surface area contributed by atoms with Crippen LogP contribution in [0.15, 0.2) is 11.6 Å². The third kappa shape index (κ3) is 5.57. The fourth-order valence-corrected chi connectivity index (χ4v) is 0.520. The molecule has 2 N–H and O–H groups in total. The SMILES string of the molecule is C/C(=C/CC(C)C)CN. The first-order chi connectivity index (χ1) is 4.16. The second-order valence-corrected chi connectivity index (χ2v) is 2.88. The highest BCUT2D eigenvalue weighted by Crippen LogP contribution is 2.02. The van der Waals surface area contributed by atoms with E-state index in [0.717, 1.165) is 12.3 Å². The van der Waals surface area contributed by atoms with Crippen molar-refractivity contribution in [2.45, 2.75) is 27.2 Å². The van der Waals surface area contributed by atoms with Crippen molar-refractivity contribution in [2.75, 3.05) is 6.54 Å². The van der Waals surface area contributed by atoms with Gasteiger partial charge in [0.1, 0.15) is 0 Å². The summed E-state index contributed by atoms with van der Waals surface area (Å²) in [6, 6.07) is 0. The summed E-state index contributed by atoms with van der Waals surface area (Å²) < 4.78 is 0. The van der Waals surface area contributed by atoms with Crippen molar-refractivity contribution in [1.82, 2.24) is 0 Å². The molecule has 0 aliphatic rings. The minimum atomic E-state index is 0.701. The molecule has 0 aliphatic heterocycles. The quantitative estimate of drug-likeness (QED) is 0.576. The molecule has 0 bridgehead atoms. The summed E-state index contributed by atoms with van der Waals surface area (Å²) in [6.07, 6.45) is 3.37. The lowest BCUT2D eigenvalue weighted by Gasteiger charge is -1.99. The van der Waals surface area contributed by atoms with Crippen LogP contribution >= 0.6 is 0 Å². The molecule has 0 heterocycles. The highest BCUT2D eigenvalue weighted by atomic mass is 14.5. The molecule has 0 unspecified atom stereocenters. The Labute approximate surface area is 57.9 Å². The molecule has 0 aliphatic carbocycles. The second-order valence-electron chi connectivity index (χ2n) is 2.88. The van der Waals surface area contributed by atoms with Crippen molar-refractivity contribution in [3.8, 4) is 0 Å². The normalized spacial score (nSPS) is 12.8. The summed E-state index contributed by atoms with van der Waals surface area (Å²) in [5, 5.41) is 0. The van der Waals surface area contributed by atoms with Crippen LogP contribution in [-0.2, 0) is 0 Å². The van der Waals surface area contributed by atoms with Gasteiger partial charge >= 0.3 is 0 Å². The van der Waals surface area contributed by atoms with Gasteiger partial charge in [0.25, 0.3) is 0 Å². The highest BCUT2D eigenvalue weighted by molar-refractivity contribution is 4.99. The average Bonchev–Trinajstić information content (AvgIpc) is 1.83. The summed E-state index contributed by atoms with van der Waals surface area (Å²) in [5.41, 5.74) is 6.69. The predicted molar refractivity (Wildman–Crippen MR) is 42.3 cm³/mol. The van der Waals surface area contributed by atoms with Gasteiger partial charge in [0.15, 0.2) is 0 Å². The van der Waals surface area contributed by atoms with Crippen LogP contribution in [-0.4, -0.2) is 6.54 Å². The van der Waals surface area contributed by atoms with Crippen LogP contribution in [0.5, 0.6) is 0 Å². The lowest BCUT2D eigenvalue weighted by Crippen LogP contribution is -1.99. The maximum absolute atomic E-state index is 5.39. The maximum atomic E-state index is 5.39. The summed E-state index contributed by atoms with van der Waals surface area (Å²) in [4.78, 5) is 0. The van der Waals surface area contributed by atoms with Gasteiger partial charge < -0.3 is 5.73 Å². The largest absolute Gasteiger partial charge is 0.327 e. The van der Waals surface area contributed by atoms with Crippen molar-refractivity contribution in [3.63, 3.8) is 0 Å². The minimum absolute atomic E-state index is 0.701. The van der Waals surface area contributed by atoms with Crippen LogP contribution in [0.3, 0.4) is 0 Å². The summed E-state index contributed by atoms with van der Waals surface area (Å²) in [7, 11) is 0. The molecule has 0 radical (unpaired) electrons. The van der Waals surface area contributed by atoms with Gasteiger partial charge in [0, 0.05) is 6.54 Å². The number of nitrogens with two attached hydrogens (primary N) is 1. The number of hydrogen-bond donors (Lipinski definition) is 1. The van der Waals surface area contributed by atoms with E-state index in [1.54, 1.807) is 0 Å². The molecule has 0 aromatic rings. The van der Waals surface area contributed by atoms with E-state index in [4.69, 9.17) is 5.73 Å². The summed E-state index contributed by atoms with van der Waals surface area (Å²) >= 11 is 0. The number of allylic oxidation sites excluding steroid dienone is 1. The standard InChI is InChI=1S/C8H17N/c1-7(2)4-5-8(3)6-9/h5,7H,4,6,9H2,1-3H3/b8-5-. The molecule has 0 atom stereocenters. The van der Waals surface area contributed by atoms with Gasteiger partial charge in [0.2, 0.25) is 0 Å². The third-order valence-corrected chi connectivity index (χ3v) is 1.26. The smallest absolute Gasteiger partial charge is 0.0134 e. The van der Waals surface area contributed by atoms with Crippen LogP contribution in [0.25, 0.3) is 0 Å². The Kier molecular flexibility index (Phi) is 4.41. The molecule has 0 rings (SSSR count). The van der Waals surface area contributed by atoms with Crippen LogP contribution < -0.4 is 5.73 Å². The van der Waals surface area contributed by atoms with Crippen LogP contribution in [0.4, 0.5) is 0 Å². The van der Waals surface area contributed by atoms with Crippen LogP contribution in [0, 0.1) is 5.92 Å². The molecule has 0 saturated heterocycles. The van der Waals surface area contributed by atoms with E-state index >= 15 is 0 Å². The zero-order valence-corrected chi connectivity index (χ0v) is 6.65. The first-order valence-electron chi connectivity index (χ1n) is 3.52. The molecule has 0 aromatic carbocycles. The van der Waals surface area contributed by atoms with Gasteiger partial charge in [-0.3, -0.25) is 0 Å². The Balaban J connectivity index is 3.43. The Morgan fingerprint density at radius 2 is 2.11 bits per heavy atom. The first kappa shape index (κ1) is 8.70. The van der Waals surface area contributed by atoms with Gasteiger partial charge in [-0.05, 0) is 19.3 Å². The van der Waals surface area contributed by atoms with Gasteiger partial charge in [0.05, 0.1) is 0 Å². The lowest BCUT2D eigenvalue weighted by molar-refractivity contribution is 0.660. The zero-order chi connectivity index (χ0) is 7.28. The van der Waals surface area contributed by atoms with E-state index in [2.05, 4.69) is 26.8 Å². The van der Waals surface area contributed by atoms with Crippen molar-refractivity contribution < 1.29 is 0 Å². The second kappa shape index (κ2) is 4.57. The van der Waals surface area contributed by atoms with Gasteiger partial charge in [-0.1, -0.05) is 25.5 Å². The zero-order valence-electron chi connectivity index (χ0n) is 6.65. The molecule has 54 valence electrons. The van der Waals surface area contributed by atoms with Crippen LogP contribution in [0.2, 0.25) is 0 Å². The van der Waals surface area contributed by atoms with E-state index in [1.807, 2.05) is 0 Å². The van der Waals surface area contributed by atoms with Gasteiger partial charge in [-0.15, -0.1) is 0 Å². The molecule has 9 heavy (non-hydrogen) atoms. The van der Waals surface area contributed by atoms with E-state index in [1.165, 1.54) is 5.57 Å².